The molecule has 2 aromatic carbocycles. The maximum Gasteiger partial charge on any atom is 0.255 e. The molecule has 0 N–H and O–H groups in total. The number of halogens is 1. The molecule has 0 atom stereocenters. The highest BCUT2D eigenvalue weighted by Crippen LogP contribution is 2.17. The Hall–Kier alpha value is -2.31. The van der Waals surface area contributed by atoms with Crippen LogP contribution in [0, 0.1) is 11.3 Å². The summed E-state index contributed by atoms with van der Waals surface area (Å²) in [4.78, 5) is 14.3. The van der Waals surface area contributed by atoms with Crippen molar-refractivity contribution < 1.29 is 4.79 Å². The van der Waals surface area contributed by atoms with Crippen LogP contribution in [0.1, 0.15) is 22.3 Å². The fourth-order valence-electron chi connectivity index (χ4n) is 2.21. The lowest BCUT2D eigenvalue weighted by atomic mass is 10.1. The van der Waals surface area contributed by atoms with Crippen LogP contribution in [-0.2, 0) is 6.42 Å². The summed E-state index contributed by atoms with van der Waals surface area (Å²) in [6, 6.07) is 19.1. The molecule has 0 heterocycles. The van der Waals surface area contributed by atoms with Crippen molar-refractivity contribution in [1.82, 2.24) is 4.90 Å². The Bertz CT molecular complexity index is 664. The summed E-state index contributed by atoms with van der Waals surface area (Å²) in [5.74, 6) is -0.128. The highest BCUT2D eigenvalue weighted by Gasteiger charge is 2.17. The minimum atomic E-state index is -0.128. The molecule has 0 radical (unpaired) electrons. The van der Waals surface area contributed by atoms with Crippen molar-refractivity contribution >= 4 is 17.5 Å². The van der Waals surface area contributed by atoms with Gasteiger partial charge in [-0.2, -0.15) is 5.26 Å². The third-order valence-corrected chi connectivity index (χ3v) is 3.73. The number of benzene rings is 2. The van der Waals surface area contributed by atoms with Crippen molar-refractivity contribution in [3.63, 3.8) is 0 Å². The first-order valence-electron chi connectivity index (χ1n) is 7.17. The van der Waals surface area contributed by atoms with Crippen LogP contribution in [0.3, 0.4) is 0 Å². The zero-order valence-electron chi connectivity index (χ0n) is 12.2. The number of amides is 1. The number of carbonyl (C=O) groups excluding carboxylic acids is 1. The molecule has 2 aromatic rings. The van der Waals surface area contributed by atoms with Gasteiger partial charge in [-0.15, -0.1) is 0 Å². The van der Waals surface area contributed by atoms with Crippen LogP contribution >= 0.6 is 11.6 Å². The normalized spacial score (nSPS) is 10.0. The summed E-state index contributed by atoms with van der Waals surface area (Å²) >= 11 is 6.10. The van der Waals surface area contributed by atoms with Gasteiger partial charge in [0.1, 0.15) is 0 Å². The Labute approximate surface area is 135 Å². The minimum Gasteiger partial charge on any atom is -0.337 e. The van der Waals surface area contributed by atoms with Crippen molar-refractivity contribution in [3.05, 3.63) is 70.7 Å². The molecule has 1 amide bonds. The number of nitrogens with zero attached hydrogens (tertiary/aromatic N) is 2. The van der Waals surface area contributed by atoms with E-state index < -0.39 is 0 Å². The number of hydrogen-bond acceptors (Lipinski definition) is 2. The third-order valence-electron chi connectivity index (χ3n) is 3.40. The first-order valence-corrected chi connectivity index (χ1v) is 7.55. The second-order valence-corrected chi connectivity index (χ2v) is 5.32. The molecule has 3 nitrogen and oxygen atoms in total. The van der Waals surface area contributed by atoms with Crippen LogP contribution in [0.15, 0.2) is 54.6 Å². The van der Waals surface area contributed by atoms with Crippen molar-refractivity contribution in [2.75, 3.05) is 13.1 Å². The van der Waals surface area contributed by atoms with Crippen LogP contribution in [0.5, 0.6) is 0 Å². The quantitative estimate of drug-likeness (QED) is 0.811. The maximum absolute atomic E-state index is 12.6. The van der Waals surface area contributed by atoms with E-state index in [4.69, 9.17) is 16.9 Å². The minimum absolute atomic E-state index is 0.128. The topological polar surface area (TPSA) is 44.1 Å². The summed E-state index contributed by atoms with van der Waals surface area (Å²) in [6.07, 6.45) is 1.06. The lowest BCUT2D eigenvalue weighted by Gasteiger charge is -2.22. The second kappa shape index (κ2) is 8.21. The summed E-state index contributed by atoms with van der Waals surface area (Å²) in [7, 11) is 0. The van der Waals surface area contributed by atoms with Gasteiger partial charge < -0.3 is 4.90 Å². The van der Waals surface area contributed by atoms with E-state index in [0.29, 0.717) is 30.1 Å². The summed E-state index contributed by atoms with van der Waals surface area (Å²) in [5, 5.41) is 9.23. The number of nitriles is 1. The van der Waals surface area contributed by atoms with Gasteiger partial charge in [-0.1, -0.05) is 54.1 Å². The predicted octanol–water partition coefficient (Wildman–Crippen LogP) is 3.94. The predicted molar refractivity (Wildman–Crippen MR) is 87.7 cm³/mol. The van der Waals surface area contributed by atoms with E-state index in [-0.39, 0.29) is 5.91 Å². The molecule has 22 heavy (non-hydrogen) atoms. The molecule has 2 rings (SSSR count). The monoisotopic (exact) mass is 312 g/mol. The van der Waals surface area contributed by atoms with Crippen molar-refractivity contribution in [3.8, 4) is 6.07 Å². The van der Waals surface area contributed by atoms with Crippen LogP contribution in [-0.4, -0.2) is 23.9 Å². The standard InChI is InChI=1S/C18H17ClN2O/c19-17-10-5-4-9-16(17)18(22)21(13-6-12-20)14-11-15-7-2-1-3-8-15/h1-5,7-10H,6,11,13-14H2. The molecule has 0 aliphatic heterocycles. The molecule has 0 aliphatic rings. The highest BCUT2D eigenvalue weighted by atomic mass is 35.5. The van der Waals surface area contributed by atoms with Gasteiger partial charge >= 0.3 is 0 Å². The molecule has 0 saturated carbocycles. The zero-order valence-corrected chi connectivity index (χ0v) is 13.0. The molecular weight excluding hydrogens is 296 g/mol. The van der Waals surface area contributed by atoms with Crippen LogP contribution in [0.2, 0.25) is 5.02 Å². The highest BCUT2D eigenvalue weighted by molar-refractivity contribution is 6.33. The molecule has 4 heteroatoms. The van der Waals surface area contributed by atoms with Crippen LogP contribution in [0.25, 0.3) is 0 Å². The second-order valence-electron chi connectivity index (χ2n) is 4.92. The molecule has 0 saturated heterocycles. The van der Waals surface area contributed by atoms with Gasteiger partial charge in [0.05, 0.1) is 23.1 Å². The summed E-state index contributed by atoms with van der Waals surface area (Å²) in [6.45, 7) is 0.975. The van der Waals surface area contributed by atoms with Crippen molar-refractivity contribution in [2.45, 2.75) is 12.8 Å². The smallest absolute Gasteiger partial charge is 0.255 e. The Kier molecular flexibility index (Phi) is 6.00. The molecule has 0 bridgehead atoms. The fraction of sp³-hybridized carbons (Fsp3) is 0.222. The van der Waals surface area contributed by atoms with Gasteiger partial charge in [0, 0.05) is 13.1 Å². The SMILES string of the molecule is N#CCCN(CCc1ccccc1)C(=O)c1ccccc1Cl. The van der Waals surface area contributed by atoms with Gasteiger partial charge in [0.25, 0.3) is 5.91 Å². The fourth-order valence-corrected chi connectivity index (χ4v) is 2.43. The lowest BCUT2D eigenvalue weighted by Crippen LogP contribution is -2.34. The molecule has 0 aromatic heterocycles. The Morgan fingerprint density at radius 2 is 1.73 bits per heavy atom. The van der Waals surface area contributed by atoms with Crippen LogP contribution in [0.4, 0.5) is 0 Å². The Morgan fingerprint density at radius 1 is 1.05 bits per heavy atom. The molecule has 112 valence electrons. The Balaban J connectivity index is 2.10. The molecular formula is C18H17ClN2O. The van der Waals surface area contributed by atoms with Gasteiger partial charge in [0.2, 0.25) is 0 Å². The summed E-state index contributed by atoms with van der Waals surface area (Å²) < 4.78 is 0. The zero-order chi connectivity index (χ0) is 15.8. The van der Waals surface area contributed by atoms with E-state index in [1.807, 2.05) is 30.3 Å². The average molecular weight is 313 g/mol. The summed E-state index contributed by atoms with van der Waals surface area (Å²) in [5.41, 5.74) is 1.64. The molecule has 0 aliphatic carbocycles. The van der Waals surface area contributed by atoms with Crippen molar-refractivity contribution in [2.24, 2.45) is 0 Å². The van der Waals surface area contributed by atoms with Gasteiger partial charge in [-0.05, 0) is 24.1 Å². The largest absolute Gasteiger partial charge is 0.337 e. The van der Waals surface area contributed by atoms with E-state index in [0.717, 1.165) is 12.0 Å². The number of carbonyl (C=O) groups is 1. The van der Waals surface area contributed by atoms with E-state index in [9.17, 15) is 4.79 Å². The van der Waals surface area contributed by atoms with E-state index >= 15 is 0 Å². The first kappa shape index (κ1) is 16.1. The Morgan fingerprint density at radius 3 is 2.41 bits per heavy atom. The number of rotatable bonds is 6. The van der Waals surface area contributed by atoms with E-state index in [2.05, 4.69) is 6.07 Å². The lowest BCUT2D eigenvalue weighted by molar-refractivity contribution is 0.0761. The van der Waals surface area contributed by atoms with E-state index in [1.165, 1.54) is 0 Å². The average Bonchev–Trinajstić information content (AvgIpc) is 2.56. The number of hydrogen-bond donors (Lipinski definition) is 0. The molecule has 0 fully saturated rings. The third kappa shape index (κ3) is 4.34. The molecule has 0 unspecified atom stereocenters. The maximum atomic E-state index is 12.6. The molecule has 0 spiro atoms. The van der Waals surface area contributed by atoms with Gasteiger partial charge in [-0.25, -0.2) is 0 Å². The van der Waals surface area contributed by atoms with Crippen molar-refractivity contribution in [1.29, 1.82) is 5.26 Å². The van der Waals surface area contributed by atoms with Gasteiger partial charge in [0.15, 0.2) is 0 Å². The first-order chi connectivity index (χ1) is 10.7. The van der Waals surface area contributed by atoms with Gasteiger partial charge in [-0.3, -0.25) is 4.79 Å². The van der Waals surface area contributed by atoms with E-state index in [1.54, 1.807) is 29.2 Å². The van der Waals surface area contributed by atoms with Crippen LogP contribution < -0.4 is 0 Å².